The summed E-state index contributed by atoms with van der Waals surface area (Å²) in [6.07, 6.45) is 5.43. The summed E-state index contributed by atoms with van der Waals surface area (Å²) in [4.78, 5) is 0. The Morgan fingerprint density at radius 2 is 1.57 bits per heavy atom. The number of rotatable bonds is 7. The molecular formula is C17H27NO3. The topological polar surface area (TPSA) is 39.7 Å². The summed E-state index contributed by atoms with van der Waals surface area (Å²) in [5.74, 6) is 3.07. The van der Waals surface area contributed by atoms with E-state index in [0.717, 1.165) is 29.5 Å². The molecule has 1 aromatic rings. The van der Waals surface area contributed by atoms with E-state index in [2.05, 4.69) is 12.2 Å². The third-order valence-electron chi connectivity index (χ3n) is 4.51. The standard InChI is InChI=1S/C17H27NO3/c1-12(13-7-5-6-8-13)18-11-14-9-16(20-3)17(21-4)10-15(14)19-2/h9-10,12-13,18H,5-8,11H2,1-4H3/t12-/m1/s1. The van der Waals surface area contributed by atoms with Gasteiger partial charge < -0.3 is 19.5 Å². The fourth-order valence-electron chi connectivity index (χ4n) is 3.13. The Hall–Kier alpha value is -1.42. The highest BCUT2D eigenvalue weighted by molar-refractivity contribution is 5.50. The Balaban J connectivity index is 2.07. The van der Waals surface area contributed by atoms with E-state index >= 15 is 0 Å². The van der Waals surface area contributed by atoms with Crippen molar-refractivity contribution in [3.63, 3.8) is 0 Å². The molecular weight excluding hydrogens is 266 g/mol. The van der Waals surface area contributed by atoms with Crippen molar-refractivity contribution in [2.45, 2.75) is 45.2 Å². The van der Waals surface area contributed by atoms with Crippen molar-refractivity contribution in [2.75, 3.05) is 21.3 Å². The average Bonchev–Trinajstić information content (AvgIpc) is 3.06. The molecule has 0 amide bonds. The van der Waals surface area contributed by atoms with Crippen molar-refractivity contribution in [2.24, 2.45) is 5.92 Å². The number of benzene rings is 1. The van der Waals surface area contributed by atoms with Crippen LogP contribution in [-0.4, -0.2) is 27.4 Å². The Bertz CT molecular complexity index is 456. The maximum atomic E-state index is 5.47. The number of hydrogen-bond acceptors (Lipinski definition) is 4. The van der Waals surface area contributed by atoms with Crippen molar-refractivity contribution in [1.82, 2.24) is 5.32 Å². The number of nitrogens with one attached hydrogen (secondary N) is 1. The van der Waals surface area contributed by atoms with Crippen LogP contribution in [0.25, 0.3) is 0 Å². The van der Waals surface area contributed by atoms with E-state index in [-0.39, 0.29) is 0 Å². The molecule has 2 rings (SSSR count). The van der Waals surface area contributed by atoms with Gasteiger partial charge in [0.05, 0.1) is 21.3 Å². The van der Waals surface area contributed by atoms with Crippen molar-refractivity contribution in [1.29, 1.82) is 0 Å². The van der Waals surface area contributed by atoms with E-state index in [1.54, 1.807) is 21.3 Å². The normalized spacial score (nSPS) is 16.8. The van der Waals surface area contributed by atoms with E-state index in [4.69, 9.17) is 14.2 Å². The van der Waals surface area contributed by atoms with Crippen LogP contribution in [0.2, 0.25) is 0 Å². The van der Waals surface area contributed by atoms with Gasteiger partial charge in [0.25, 0.3) is 0 Å². The van der Waals surface area contributed by atoms with Gasteiger partial charge in [-0.1, -0.05) is 12.8 Å². The molecule has 1 aliphatic rings. The Kier molecular flexibility index (Phi) is 5.74. The Morgan fingerprint density at radius 3 is 2.14 bits per heavy atom. The fraction of sp³-hybridized carbons (Fsp3) is 0.647. The fourth-order valence-corrected chi connectivity index (χ4v) is 3.13. The molecule has 1 N–H and O–H groups in total. The highest BCUT2D eigenvalue weighted by Gasteiger charge is 2.21. The van der Waals surface area contributed by atoms with E-state index in [9.17, 15) is 0 Å². The summed E-state index contributed by atoms with van der Waals surface area (Å²) < 4.78 is 16.2. The van der Waals surface area contributed by atoms with Gasteiger partial charge in [0.1, 0.15) is 5.75 Å². The third kappa shape index (κ3) is 3.82. The van der Waals surface area contributed by atoms with Gasteiger partial charge in [-0.25, -0.2) is 0 Å². The predicted octanol–water partition coefficient (Wildman–Crippen LogP) is 3.38. The zero-order valence-electron chi connectivity index (χ0n) is 13.6. The van der Waals surface area contributed by atoms with Crippen LogP contribution in [-0.2, 0) is 6.54 Å². The van der Waals surface area contributed by atoms with Crippen molar-refractivity contribution in [3.05, 3.63) is 17.7 Å². The highest BCUT2D eigenvalue weighted by atomic mass is 16.5. The van der Waals surface area contributed by atoms with Gasteiger partial charge in [0.15, 0.2) is 11.5 Å². The summed E-state index contributed by atoms with van der Waals surface area (Å²) in [5, 5.41) is 3.63. The number of ether oxygens (including phenoxy) is 3. The predicted molar refractivity (Wildman–Crippen MR) is 84.4 cm³/mol. The van der Waals surface area contributed by atoms with Crippen LogP contribution in [0, 0.1) is 5.92 Å². The van der Waals surface area contributed by atoms with Crippen molar-refractivity contribution in [3.8, 4) is 17.2 Å². The second-order valence-electron chi connectivity index (χ2n) is 5.73. The van der Waals surface area contributed by atoms with Crippen LogP contribution in [0.1, 0.15) is 38.2 Å². The molecule has 0 bridgehead atoms. The minimum Gasteiger partial charge on any atom is -0.496 e. The van der Waals surface area contributed by atoms with Gasteiger partial charge in [-0.2, -0.15) is 0 Å². The molecule has 4 heteroatoms. The van der Waals surface area contributed by atoms with Gasteiger partial charge in [0.2, 0.25) is 0 Å². The third-order valence-corrected chi connectivity index (χ3v) is 4.51. The number of methoxy groups -OCH3 is 3. The lowest BCUT2D eigenvalue weighted by molar-refractivity contribution is 0.344. The molecule has 0 heterocycles. The first-order chi connectivity index (χ1) is 10.2. The highest BCUT2D eigenvalue weighted by Crippen LogP contribution is 2.35. The lowest BCUT2D eigenvalue weighted by Crippen LogP contribution is -2.31. The zero-order chi connectivity index (χ0) is 15.2. The lowest BCUT2D eigenvalue weighted by Gasteiger charge is -2.21. The molecule has 4 nitrogen and oxygen atoms in total. The first-order valence-corrected chi connectivity index (χ1v) is 7.71. The molecule has 0 unspecified atom stereocenters. The monoisotopic (exact) mass is 293 g/mol. The van der Waals surface area contributed by atoms with Gasteiger partial charge in [-0.15, -0.1) is 0 Å². The van der Waals surface area contributed by atoms with Gasteiger partial charge >= 0.3 is 0 Å². The molecule has 1 fully saturated rings. The Morgan fingerprint density at radius 1 is 1.00 bits per heavy atom. The van der Waals surface area contributed by atoms with Crippen LogP contribution >= 0.6 is 0 Å². The van der Waals surface area contributed by atoms with E-state index in [0.29, 0.717) is 11.8 Å². The molecule has 0 spiro atoms. The average molecular weight is 293 g/mol. The van der Waals surface area contributed by atoms with Gasteiger partial charge in [-0.3, -0.25) is 0 Å². The maximum Gasteiger partial charge on any atom is 0.164 e. The largest absolute Gasteiger partial charge is 0.496 e. The molecule has 0 saturated heterocycles. The molecule has 1 saturated carbocycles. The SMILES string of the molecule is COc1cc(OC)c(OC)cc1CN[C@H](C)C1CCCC1. The Labute approximate surface area is 127 Å². The van der Waals surface area contributed by atoms with Crippen molar-refractivity contribution >= 4 is 0 Å². The van der Waals surface area contributed by atoms with Crippen molar-refractivity contribution < 1.29 is 14.2 Å². The molecule has 118 valence electrons. The summed E-state index contributed by atoms with van der Waals surface area (Å²) in [6.45, 7) is 3.06. The molecule has 1 atom stereocenters. The smallest absolute Gasteiger partial charge is 0.164 e. The first-order valence-electron chi connectivity index (χ1n) is 7.71. The second-order valence-corrected chi connectivity index (χ2v) is 5.73. The van der Waals surface area contributed by atoms with E-state index in [1.807, 2.05) is 12.1 Å². The minimum atomic E-state index is 0.533. The van der Waals surface area contributed by atoms with E-state index in [1.165, 1.54) is 25.7 Å². The van der Waals surface area contributed by atoms with Crippen LogP contribution in [0.5, 0.6) is 17.2 Å². The lowest BCUT2D eigenvalue weighted by atomic mass is 9.99. The summed E-state index contributed by atoms with van der Waals surface area (Å²) >= 11 is 0. The van der Waals surface area contributed by atoms with E-state index < -0.39 is 0 Å². The first kappa shape index (κ1) is 16.0. The minimum absolute atomic E-state index is 0.533. The van der Waals surface area contributed by atoms with Gasteiger partial charge in [-0.05, 0) is 31.7 Å². The number of hydrogen-bond donors (Lipinski definition) is 1. The second kappa shape index (κ2) is 7.55. The van der Waals surface area contributed by atoms with Crippen LogP contribution < -0.4 is 19.5 Å². The molecule has 0 radical (unpaired) electrons. The zero-order valence-corrected chi connectivity index (χ0v) is 13.6. The summed E-state index contributed by atoms with van der Waals surface area (Å²) in [5.41, 5.74) is 1.10. The quantitative estimate of drug-likeness (QED) is 0.836. The summed E-state index contributed by atoms with van der Waals surface area (Å²) in [6, 6.07) is 4.41. The van der Waals surface area contributed by atoms with Crippen LogP contribution in [0.15, 0.2) is 12.1 Å². The molecule has 0 aromatic heterocycles. The summed E-state index contributed by atoms with van der Waals surface area (Å²) in [7, 11) is 4.98. The van der Waals surface area contributed by atoms with Crippen LogP contribution in [0.3, 0.4) is 0 Å². The molecule has 0 aliphatic heterocycles. The van der Waals surface area contributed by atoms with Gasteiger partial charge in [0, 0.05) is 24.2 Å². The molecule has 1 aliphatic carbocycles. The molecule has 21 heavy (non-hydrogen) atoms. The van der Waals surface area contributed by atoms with Crippen LogP contribution in [0.4, 0.5) is 0 Å². The maximum absolute atomic E-state index is 5.47. The molecule has 1 aromatic carbocycles.